The summed E-state index contributed by atoms with van der Waals surface area (Å²) in [6, 6.07) is 1.41. The van der Waals surface area contributed by atoms with Gasteiger partial charge in [-0.15, -0.1) is 11.6 Å². The third-order valence-electron chi connectivity index (χ3n) is 2.07. The topological polar surface area (TPSA) is 39.2 Å². The number of esters is 1. The summed E-state index contributed by atoms with van der Waals surface area (Å²) in [6.07, 6.45) is -2.68. The van der Waals surface area contributed by atoms with Crippen LogP contribution in [0.15, 0.2) is 6.07 Å². The van der Waals surface area contributed by atoms with Crippen LogP contribution in [0.5, 0.6) is 0 Å². The fourth-order valence-electron chi connectivity index (χ4n) is 1.28. The lowest BCUT2D eigenvalue weighted by Crippen LogP contribution is -2.09. The number of methoxy groups -OCH3 is 1. The van der Waals surface area contributed by atoms with Crippen molar-refractivity contribution >= 4 is 40.2 Å². The third kappa shape index (κ3) is 3.74. The summed E-state index contributed by atoms with van der Waals surface area (Å²) in [5.41, 5.74) is 0.496. The summed E-state index contributed by atoms with van der Waals surface area (Å²) in [5, 5.41) is 0. The molecule has 0 bridgehead atoms. The van der Waals surface area contributed by atoms with E-state index in [-0.39, 0.29) is 21.6 Å². The van der Waals surface area contributed by atoms with Crippen molar-refractivity contribution in [1.29, 1.82) is 0 Å². The fourth-order valence-corrected chi connectivity index (χ4v) is 2.39. The molecule has 0 aliphatic carbocycles. The maximum absolute atomic E-state index is 12.7. The Labute approximate surface area is 116 Å². The van der Waals surface area contributed by atoms with Gasteiger partial charge in [-0.2, -0.15) is 0 Å². The zero-order valence-corrected chi connectivity index (χ0v) is 11.8. The highest BCUT2D eigenvalue weighted by atomic mass is 127. The number of hydrogen-bond donors (Lipinski definition) is 0. The van der Waals surface area contributed by atoms with Crippen molar-refractivity contribution in [3.05, 3.63) is 26.6 Å². The molecule has 1 aromatic rings. The Morgan fingerprint density at radius 2 is 2.29 bits per heavy atom. The summed E-state index contributed by atoms with van der Waals surface area (Å²) < 4.78 is 30.1. The largest absolute Gasteiger partial charge is 0.469 e. The Balaban J connectivity index is 3.13. The maximum atomic E-state index is 12.7. The van der Waals surface area contributed by atoms with Crippen LogP contribution in [0.3, 0.4) is 0 Å². The summed E-state index contributed by atoms with van der Waals surface area (Å²) in [5.74, 6) is -0.523. The van der Waals surface area contributed by atoms with Gasteiger partial charge in [0.1, 0.15) is 3.70 Å². The molecule has 7 heteroatoms. The number of halogens is 4. The number of alkyl halides is 3. The molecule has 0 aromatic carbocycles. The van der Waals surface area contributed by atoms with Gasteiger partial charge < -0.3 is 4.74 Å². The van der Waals surface area contributed by atoms with E-state index < -0.39 is 12.4 Å². The molecular weight excluding hydrogens is 366 g/mol. The Bertz CT molecular complexity index is 429. The molecule has 94 valence electrons. The quantitative estimate of drug-likeness (QED) is 0.351. The van der Waals surface area contributed by atoms with E-state index >= 15 is 0 Å². The Kier molecular flexibility index (Phi) is 5.51. The van der Waals surface area contributed by atoms with Crippen molar-refractivity contribution in [3.63, 3.8) is 0 Å². The minimum absolute atomic E-state index is 0.0492. The van der Waals surface area contributed by atoms with Crippen LogP contribution in [-0.2, 0) is 21.8 Å². The first-order valence-corrected chi connectivity index (χ1v) is 6.20. The molecule has 0 saturated carbocycles. The van der Waals surface area contributed by atoms with Crippen LogP contribution in [0.1, 0.15) is 23.2 Å². The number of rotatable bonds is 4. The van der Waals surface area contributed by atoms with Crippen molar-refractivity contribution in [2.24, 2.45) is 0 Å². The molecule has 17 heavy (non-hydrogen) atoms. The van der Waals surface area contributed by atoms with E-state index in [1.54, 1.807) is 22.6 Å². The maximum Gasteiger partial charge on any atom is 0.311 e. The van der Waals surface area contributed by atoms with Crippen LogP contribution in [0.2, 0.25) is 0 Å². The number of carbonyl (C=O) groups is 1. The zero-order chi connectivity index (χ0) is 13.0. The van der Waals surface area contributed by atoms with Gasteiger partial charge in [0, 0.05) is 5.88 Å². The van der Waals surface area contributed by atoms with Gasteiger partial charge >= 0.3 is 5.97 Å². The van der Waals surface area contributed by atoms with Crippen LogP contribution >= 0.6 is 34.2 Å². The van der Waals surface area contributed by atoms with E-state index in [1.165, 1.54) is 13.2 Å². The van der Waals surface area contributed by atoms with Gasteiger partial charge in [-0.25, -0.2) is 13.8 Å². The summed E-state index contributed by atoms with van der Waals surface area (Å²) in [6.45, 7) is 0. The van der Waals surface area contributed by atoms with Gasteiger partial charge in [0.05, 0.1) is 24.8 Å². The van der Waals surface area contributed by atoms with E-state index in [9.17, 15) is 13.6 Å². The van der Waals surface area contributed by atoms with Gasteiger partial charge in [0.2, 0.25) is 0 Å². The van der Waals surface area contributed by atoms with Crippen molar-refractivity contribution in [2.75, 3.05) is 7.11 Å². The average Bonchev–Trinajstić information content (AvgIpc) is 2.27. The molecule has 0 atom stereocenters. The number of nitrogens with zero attached hydrogens (tertiary/aromatic N) is 1. The molecule has 1 aromatic heterocycles. The minimum Gasteiger partial charge on any atom is -0.469 e. The first kappa shape index (κ1) is 14.6. The summed E-state index contributed by atoms with van der Waals surface area (Å²) >= 11 is 7.32. The number of ether oxygens (including phenoxy) is 1. The van der Waals surface area contributed by atoms with Crippen LogP contribution in [-0.4, -0.2) is 18.1 Å². The highest BCUT2D eigenvalue weighted by molar-refractivity contribution is 14.1. The lowest BCUT2D eigenvalue weighted by molar-refractivity contribution is -0.139. The average molecular weight is 376 g/mol. The normalized spacial score (nSPS) is 10.7. The molecule has 0 amide bonds. The monoisotopic (exact) mass is 375 g/mol. The predicted molar refractivity (Wildman–Crippen MR) is 67.2 cm³/mol. The minimum atomic E-state index is -2.63. The SMILES string of the molecule is COC(=O)Cc1cc(CCl)c(C(F)F)c(I)n1. The molecule has 0 aliphatic heterocycles. The highest BCUT2D eigenvalue weighted by Gasteiger charge is 2.19. The Hall–Kier alpha value is -0.500. The lowest BCUT2D eigenvalue weighted by Gasteiger charge is -2.10. The van der Waals surface area contributed by atoms with Gasteiger partial charge in [0.25, 0.3) is 6.43 Å². The lowest BCUT2D eigenvalue weighted by atomic mass is 10.1. The number of hydrogen-bond acceptors (Lipinski definition) is 3. The molecule has 0 unspecified atom stereocenters. The summed E-state index contributed by atoms with van der Waals surface area (Å²) in [4.78, 5) is 15.0. The van der Waals surface area contributed by atoms with Crippen LogP contribution in [0.25, 0.3) is 0 Å². The molecule has 3 nitrogen and oxygen atoms in total. The van der Waals surface area contributed by atoms with Crippen molar-refractivity contribution < 1.29 is 18.3 Å². The van der Waals surface area contributed by atoms with Crippen molar-refractivity contribution in [1.82, 2.24) is 4.98 Å². The second-order valence-electron chi connectivity index (χ2n) is 3.16. The fraction of sp³-hybridized carbons (Fsp3) is 0.400. The number of carbonyl (C=O) groups excluding carboxylic acids is 1. The highest BCUT2D eigenvalue weighted by Crippen LogP contribution is 2.28. The molecule has 1 heterocycles. The Morgan fingerprint density at radius 3 is 2.76 bits per heavy atom. The number of aromatic nitrogens is 1. The Morgan fingerprint density at radius 1 is 1.65 bits per heavy atom. The van der Waals surface area contributed by atoms with Gasteiger partial charge in [0.15, 0.2) is 0 Å². The van der Waals surface area contributed by atoms with E-state index in [1.807, 2.05) is 0 Å². The van der Waals surface area contributed by atoms with E-state index in [0.29, 0.717) is 11.3 Å². The third-order valence-corrected chi connectivity index (χ3v) is 3.18. The molecule has 0 N–H and O–H groups in total. The molecular formula is C10H9ClF2INO2. The molecule has 0 saturated heterocycles. The second-order valence-corrected chi connectivity index (χ2v) is 4.45. The first-order valence-electron chi connectivity index (χ1n) is 4.58. The van der Waals surface area contributed by atoms with Crippen LogP contribution in [0.4, 0.5) is 8.78 Å². The van der Waals surface area contributed by atoms with Crippen molar-refractivity contribution in [3.8, 4) is 0 Å². The van der Waals surface area contributed by atoms with E-state index in [4.69, 9.17) is 11.6 Å². The van der Waals surface area contributed by atoms with E-state index in [0.717, 1.165) is 0 Å². The van der Waals surface area contributed by atoms with Gasteiger partial charge in [-0.1, -0.05) is 0 Å². The number of pyridine rings is 1. The molecule has 1 rings (SSSR count). The first-order chi connectivity index (χ1) is 7.99. The second kappa shape index (κ2) is 6.44. The molecule has 0 aliphatic rings. The molecule has 0 fully saturated rings. The predicted octanol–water partition coefficient (Wildman–Crippen LogP) is 3.08. The van der Waals surface area contributed by atoms with Crippen molar-refractivity contribution in [2.45, 2.75) is 18.7 Å². The molecule has 0 radical (unpaired) electrons. The van der Waals surface area contributed by atoms with Crippen LogP contribution < -0.4 is 0 Å². The summed E-state index contributed by atoms with van der Waals surface area (Å²) in [7, 11) is 1.25. The molecule has 0 spiro atoms. The van der Waals surface area contributed by atoms with Gasteiger partial charge in [-0.05, 0) is 34.2 Å². The smallest absolute Gasteiger partial charge is 0.311 e. The van der Waals surface area contributed by atoms with Crippen LogP contribution in [0, 0.1) is 3.70 Å². The van der Waals surface area contributed by atoms with Gasteiger partial charge in [-0.3, -0.25) is 4.79 Å². The standard InChI is InChI=1S/C10H9ClF2INO2/c1-17-7(16)3-6-2-5(4-11)8(9(12)13)10(14)15-6/h2,9H,3-4H2,1H3. The van der Waals surface area contributed by atoms with E-state index in [2.05, 4.69) is 9.72 Å². The zero-order valence-electron chi connectivity index (χ0n) is 8.84.